The molecule has 0 saturated heterocycles. The summed E-state index contributed by atoms with van der Waals surface area (Å²) in [5.74, 6) is -0.179. The first-order valence-electron chi connectivity index (χ1n) is 4.39. The molecule has 2 aromatic rings. The van der Waals surface area contributed by atoms with Gasteiger partial charge in [0.2, 0.25) is 10.0 Å². The van der Waals surface area contributed by atoms with E-state index in [0.717, 1.165) is 5.39 Å². The lowest BCUT2D eigenvalue weighted by Crippen LogP contribution is -2.14. The zero-order valence-corrected chi connectivity index (χ0v) is 8.74. The third kappa shape index (κ3) is 2.31. The molecule has 4 nitrogen and oxygen atoms in total. The molecule has 0 saturated carbocycles. The van der Waals surface area contributed by atoms with Crippen LogP contribution in [0, 0.1) is 0 Å². The predicted octanol–water partition coefficient (Wildman–Crippen LogP) is 1.02. The lowest BCUT2D eigenvalue weighted by Gasteiger charge is -2.03. The summed E-state index contributed by atoms with van der Waals surface area (Å²) in [6.07, 6.45) is 1.63. The van der Waals surface area contributed by atoms with Crippen molar-refractivity contribution in [2.75, 3.05) is 0 Å². The van der Waals surface area contributed by atoms with E-state index in [1.807, 2.05) is 18.2 Å². The summed E-state index contributed by atoms with van der Waals surface area (Å²) in [4.78, 5) is 4.15. The molecule has 0 spiro atoms. The molecule has 2 rings (SSSR count). The highest BCUT2D eigenvalue weighted by Crippen LogP contribution is 2.17. The zero-order valence-electron chi connectivity index (χ0n) is 7.92. The highest BCUT2D eigenvalue weighted by molar-refractivity contribution is 7.88. The van der Waals surface area contributed by atoms with Crippen molar-refractivity contribution in [2.24, 2.45) is 5.14 Å². The summed E-state index contributed by atoms with van der Waals surface area (Å²) in [6.45, 7) is 0. The number of pyridine rings is 1. The summed E-state index contributed by atoms with van der Waals surface area (Å²) < 4.78 is 22.0. The molecule has 1 heterocycles. The lowest BCUT2D eigenvalue weighted by molar-refractivity contribution is 0.597. The average molecular weight is 222 g/mol. The normalized spacial score (nSPS) is 11.8. The molecule has 5 heteroatoms. The molecule has 0 fully saturated rings. The Hall–Kier alpha value is -1.46. The van der Waals surface area contributed by atoms with Gasteiger partial charge in [0.05, 0.1) is 11.3 Å². The summed E-state index contributed by atoms with van der Waals surface area (Å²) in [7, 11) is -3.51. The monoisotopic (exact) mass is 222 g/mol. The van der Waals surface area contributed by atoms with E-state index in [1.165, 1.54) is 0 Å². The van der Waals surface area contributed by atoms with Crippen LogP contribution in [0.1, 0.15) is 5.56 Å². The number of benzene rings is 1. The fourth-order valence-electron chi connectivity index (χ4n) is 1.50. The number of nitrogens with two attached hydrogens (primary N) is 1. The molecule has 0 bridgehead atoms. The molecule has 0 aliphatic rings. The molecular weight excluding hydrogens is 212 g/mol. The molecule has 0 aliphatic heterocycles. The van der Waals surface area contributed by atoms with Crippen LogP contribution in [0.2, 0.25) is 0 Å². The van der Waals surface area contributed by atoms with Crippen LogP contribution in [0.25, 0.3) is 10.9 Å². The van der Waals surface area contributed by atoms with Gasteiger partial charge in [0.15, 0.2) is 0 Å². The third-order valence-electron chi connectivity index (χ3n) is 2.07. The van der Waals surface area contributed by atoms with Crippen LogP contribution >= 0.6 is 0 Å². The first kappa shape index (κ1) is 10.1. The fraction of sp³-hybridized carbons (Fsp3) is 0.100. The van der Waals surface area contributed by atoms with Crippen molar-refractivity contribution in [3.8, 4) is 0 Å². The van der Waals surface area contributed by atoms with Crippen molar-refractivity contribution in [1.29, 1.82) is 0 Å². The van der Waals surface area contributed by atoms with Crippen LogP contribution in [0.15, 0.2) is 36.5 Å². The third-order valence-corrected chi connectivity index (χ3v) is 2.79. The number of hydrogen-bond donors (Lipinski definition) is 1. The Kier molecular flexibility index (Phi) is 2.42. The van der Waals surface area contributed by atoms with E-state index in [2.05, 4.69) is 4.98 Å². The van der Waals surface area contributed by atoms with Gasteiger partial charge in [-0.25, -0.2) is 13.6 Å². The summed E-state index contributed by atoms with van der Waals surface area (Å²) >= 11 is 0. The highest BCUT2D eigenvalue weighted by atomic mass is 32.2. The maximum atomic E-state index is 11.0. The van der Waals surface area contributed by atoms with Crippen molar-refractivity contribution < 1.29 is 8.42 Å². The number of rotatable bonds is 2. The Labute approximate surface area is 87.8 Å². The van der Waals surface area contributed by atoms with E-state index < -0.39 is 10.0 Å². The van der Waals surface area contributed by atoms with Crippen molar-refractivity contribution in [3.05, 3.63) is 42.1 Å². The van der Waals surface area contributed by atoms with Crippen molar-refractivity contribution in [1.82, 2.24) is 4.98 Å². The first-order chi connectivity index (χ1) is 7.06. The van der Waals surface area contributed by atoms with E-state index in [1.54, 1.807) is 18.3 Å². The van der Waals surface area contributed by atoms with E-state index in [-0.39, 0.29) is 5.75 Å². The van der Waals surface area contributed by atoms with Gasteiger partial charge in [0.1, 0.15) is 0 Å². The Morgan fingerprint density at radius 1 is 1.20 bits per heavy atom. The molecule has 15 heavy (non-hydrogen) atoms. The zero-order chi connectivity index (χ0) is 10.9. The quantitative estimate of drug-likeness (QED) is 0.824. The van der Waals surface area contributed by atoms with Crippen LogP contribution in [-0.4, -0.2) is 13.4 Å². The molecule has 0 unspecified atom stereocenters. The minimum atomic E-state index is -3.51. The number of hydrogen-bond acceptors (Lipinski definition) is 3. The van der Waals surface area contributed by atoms with Crippen LogP contribution in [0.5, 0.6) is 0 Å². The van der Waals surface area contributed by atoms with Crippen LogP contribution in [-0.2, 0) is 15.8 Å². The molecule has 0 radical (unpaired) electrons. The highest BCUT2D eigenvalue weighted by Gasteiger charge is 2.08. The SMILES string of the molecule is NS(=O)(=O)Cc1cccc2cccnc12. The number of fused-ring (bicyclic) bond motifs is 1. The number of aromatic nitrogens is 1. The van der Waals surface area contributed by atoms with Crippen molar-refractivity contribution >= 4 is 20.9 Å². The maximum absolute atomic E-state index is 11.0. The molecule has 0 aliphatic carbocycles. The van der Waals surface area contributed by atoms with Gasteiger partial charge in [-0.1, -0.05) is 24.3 Å². The summed E-state index contributed by atoms with van der Waals surface area (Å²) in [5, 5.41) is 5.92. The van der Waals surface area contributed by atoms with Crippen molar-refractivity contribution in [2.45, 2.75) is 5.75 Å². The van der Waals surface area contributed by atoms with E-state index in [4.69, 9.17) is 5.14 Å². The number of sulfonamides is 1. The Morgan fingerprint density at radius 3 is 2.67 bits per heavy atom. The Bertz CT molecular complexity index is 588. The van der Waals surface area contributed by atoms with E-state index >= 15 is 0 Å². The fourth-order valence-corrected chi connectivity index (χ4v) is 2.17. The van der Waals surface area contributed by atoms with Gasteiger partial charge in [0.25, 0.3) is 0 Å². The largest absolute Gasteiger partial charge is 0.256 e. The van der Waals surface area contributed by atoms with Gasteiger partial charge in [-0.3, -0.25) is 4.98 Å². The average Bonchev–Trinajstić information content (AvgIpc) is 2.16. The minimum Gasteiger partial charge on any atom is -0.256 e. The topological polar surface area (TPSA) is 73.1 Å². The number of para-hydroxylation sites is 1. The molecule has 0 amide bonds. The summed E-state index contributed by atoms with van der Waals surface area (Å²) in [5.41, 5.74) is 1.32. The van der Waals surface area contributed by atoms with Gasteiger partial charge in [-0.15, -0.1) is 0 Å². The smallest absolute Gasteiger partial charge is 0.213 e. The first-order valence-corrected chi connectivity index (χ1v) is 6.11. The summed E-state index contributed by atoms with van der Waals surface area (Å²) in [6, 6.07) is 9.09. The van der Waals surface area contributed by atoms with Crippen LogP contribution in [0.4, 0.5) is 0 Å². The minimum absolute atomic E-state index is 0.179. The van der Waals surface area contributed by atoms with Crippen LogP contribution in [0.3, 0.4) is 0 Å². The van der Waals surface area contributed by atoms with Crippen molar-refractivity contribution in [3.63, 3.8) is 0 Å². The second-order valence-electron chi connectivity index (χ2n) is 3.30. The van der Waals surface area contributed by atoms with Crippen LogP contribution < -0.4 is 5.14 Å². The molecule has 78 valence electrons. The molecular formula is C10H10N2O2S. The van der Waals surface area contributed by atoms with Gasteiger partial charge < -0.3 is 0 Å². The van der Waals surface area contributed by atoms with Gasteiger partial charge >= 0.3 is 0 Å². The Balaban J connectivity index is 2.61. The van der Waals surface area contributed by atoms with E-state index in [0.29, 0.717) is 11.1 Å². The molecule has 1 aromatic carbocycles. The van der Waals surface area contributed by atoms with Gasteiger partial charge in [0, 0.05) is 11.6 Å². The number of primary sulfonamides is 1. The van der Waals surface area contributed by atoms with Gasteiger partial charge in [-0.2, -0.15) is 0 Å². The number of nitrogens with zero attached hydrogens (tertiary/aromatic N) is 1. The molecule has 1 aromatic heterocycles. The maximum Gasteiger partial charge on any atom is 0.213 e. The van der Waals surface area contributed by atoms with Gasteiger partial charge in [-0.05, 0) is 11.6 Å². The predicted molar refractivity (Wildman–Crippen MR) is 58.6 cm³/mol. The second kappa shape index (κ2) is 3.60. The second-order valence-corrected chi connectivity index (χ2v) is 4.91. The molecule has 0 atom stereocenters. The lowest BCUT2D eigenvalue weighted by atomic mass is 10.1. The standard InChI is InChI=1S/C10H10N2O2S/c11-15(13,14)7-9-4-1-3-8-5-2-6-12-10(8)9/h1-6H,7H2,(H2,11,13,14). The molecule has 2 N–H and O–H groups in total. The Morgan fingerprint density at radius 2 is 1.93 bits per heavy atom. The van der Waals surface area contributed by atoms with E-state index in [9.17, 15) is 8.42 Å².